The van der Waals surface area contributed by atoms with Crippen molar-refractivity contribution in [1.29, 1.82) is 0 Å². The summed E-state index contributed by atoms with van der Waals surface area (Å²) in [7, 11) is 0. The monoisotopic (exact) mass is 402 g/mol. The van der Waals surface area contributed by atoms with Crippen LogP contribution in [0.15, 0.2) is 49.6 Å². The Morgan fingerprint density at radius 3 is 2.48 bits per heavy atom. The highest BCUT2D eigenvalue weighted by molar-refractivity contribution is 8.18. The number of hydrogen-bond acceptors (Lipinski definition) is 3. The lowest BCUT2D eigenvalue weighted by atomic mass is 9.90. The van der Waals surface area contributed by atoms with Crippen LogP contribution in [0.3, 0.4) is 0 Å². The Kier molecular flexibility index (Phi) is 9.29. The molecule has 0 spiro atoms. The largest absolute Gasteiger partial charge is 0.481 e. The summed E-state index contributed by atoms with van der Waals surface area (Å²) in [6.45, 7) is 7.75. The van der Waals surface area contributed by atoms with Gasteiger partial charge in [-0.1, -0.05) is 55.3 Å². The molecule has 1 aromatic rings. The minimum absolute atomic E-state index is 0.0604. The summed E-state index contributed by atoms with van der Waals surface area (Å²) in [6, 6.07) is 6.67. The van der Waals surface area contributed by atoms with E-state index in [0.717, 1.165) is 50.0 Å². The van der Waals surface area contributed by atoms with E-state index in [-0.39, 0.29) is 10.5 Å². The minimum atomic E-state index is -0.690. The maximum absolute atomic E-state index is 10.6. The number of thioether (sulfide) groups is 2. The van der Waals surface area contributed by atoms with Crippen molar-refractivity contribution in [3.8, 4) is 0 Å². The van der Waals surface area contributed by atoms with Gasteiger partial charge in [0.1, 0.15) is 0 Å². The zero-order valence-electron chi connectivity index (χ0n) is 16.0. The first kappa shape index (κ1) is 21.9. The van der Waals surface area contributed by atoms with E-state index in [1.54, 1.807) is 0 Å². The predicted molar refractivity (Wildman–Crippen MR) is 122 cm³/mol. The molecule has 0 fully saturated rings. The van der Waals surface area contributed by atoms with Gasteiger partial charge in [0.15, 0.2) is 0 Å². The van der Waals surface area contributed by atoms with Gasteiger partial charge in [0, 0.05) is 24.3 Å². The molecular formula is C23H30O2S2. The van der Waals surface area contributed by atoms with E-state index in [1.165, 1.54) is 16.7 Å². The molecular weight excluding hydrogens is 372 g/mol. The second-order valence-corrected chi connectivity index (χ2v) is 9.78. The number of rotatable bonds is 13. The Balaban J connectivity index is 2.00. The fourth-order valence-corrected chi connectivity index (χ4v) is 5.76. The van der Waals surface area contributed by atoms with Crippen molar-refractivity contribution in [3.05, 3.63) is 66.3 Å². The van der Waals surface area contributed by atoms with Gasteiger partial charge in [0.25, 0.3) is 0 Å². The first-order chi connectivity index (χ1) is 13.1. The van der Waals surface area contributed by atoms with Gasteiger partial charge >= 0.3 is 5.97 Å². The molecule has 0 atom stereocenters. The Bertz CT molecular complexity index is 667. The van der Waals surface area contributed by atoms with Crippen molar-refractivity contribution in [3.63, 3.8) is 0 Å². The van der Waals surface area contributed by atoms with E-state index in [4.69, 9.17) is 5.11 Å². The van der Waals surface area contributed by atoms with Crippen LogP contribution >= 0.6 is 23.5 Å². The average molecular weight is 403 g/mol. The van der Waals surface area contributed by atoms with Crippen LogP contribution in [0.1, 0.15) is 48.8 Å². The van der Waals surface area contributed by atoms with Gasteiger partial charge in [-0.25, -0.2) is 0 Å². The van der Waals surface area contributed by atoms with Crippen LogP contribution in [0.5, 0.6) is 0 Å². The lowest BCUT2D eigenvalue weighted by molar-refractivity contribution is -0.137. The molecule has 0 radical (unpaired) electrons. The van der Waals surface area contributed by atoms with Crippen LogP contribution in [-0.2, 0) is 17.6 Å². The van der Waals surface area contributed by atoms with Crippen molar-refractivity contribution in [1.82, 2.24) is 0 Å². The topological polar surface area (TPSA) is 37.3 Å². The first-order valence-corrected chi connectivity index (χ1v) is 11.6. The molecule has 1 aliphatic rings. The number of aryl methyl sites for hydroxylation is 1. The molecule has 0 amide bonds. The molecule has 0 aromatic heterocycles. The molecule has 2 nitrogen and oxygen atoms in total. The molecule has 4 heteroatoms. The average Bonchev–Trinajstić information content (AvgIpc) is 2.67. The van der Waals surface area contributed by atoms with Gasteiger partial charge in [-0.2, -0.15) is 0 Å². The van der Waals surface area contributed by atoms with E-state index < -0.39 is 5.97 Å². The van der Waals surface area contributed by atoms with Gasteiger partial charge in [-0.05, 0) is 36.0 Å². The summed E-state index contributed by atoms with van der Waals surface area (Å²) >= 11 is 3.89. The number of benzene rings is 1. The lowest BCUT2D eigenvalue weighted by Crippen LogP contribution is -2.25. The second-order valence-electron chi connectivity index (χ2n) is 6.82. The fourth-order valence-electron chi connectivity index (χ4n) is 3.37. The summed E-state index contributed by atoms with van der Waals surface area (Å²) in [6.07, 6.45) is 15.0. The Morgan fingerprint density at radius 2 is 1.81 bits per heavy atom. The number of carboxylic acids is 1. The van der Waals surface area contributed by atoms with Gasteiger partial charge in [-0.3, -0.25) is 4.79 Å². The van der Waals surface area contributed by atoms with Crippen molar-refractivity contribution < 1.29 is 9.90 Å². The van der Waals surface area contributed by atoms with Crippen LogP contribution < -0.4 is 0 Å². The molecule has 0 saturated heterocycles. The third-order valence-corrected chi connectivity index (χ3v) is 7.76. The van der Waals surface area contributed by atoms with Crippen molar-refractivity contribution in [2.45, 2.75) is 49.0 Å². The minimum Gasteiger partial charge on any atom is -0.481 e. The van der Waals surface area contributed by atoms with E-state index in [2.05, 4.69) is 43.5 Å². The van der Waals surface area contributed by atoms with Crippen LogP contribution in [0.4, 0.5) is 0 Å². The van der Waals surface area contributed by atoms with E-state index >= 15 is 0 Å². The van der Waals surface area contributed by atoms with Crippen molar-refractivity contribution in [2.24, 2.45) is 0 Å². The van der Waals surface area contributed by atoms with Crippen LogP contribution in [0.25, 0.3) is 6.08 Å². The molecule has 1 aromatic carbocycles. The second kappa shape index (κ2) is 11.5. The number of fused-ring (bicyclic) bond motifs is 1. The molecule has 0 unspecified atom stereocenters. The van der Waals surface area contributed by atoms with E-state index in [9.17, 15) is 4.79 Å². The molecule has 2 rings (SSSR count). The predicted octanol–water partition coefficient (Wildman–Crippen LogP) is 6.37. The number of carbonyl (C=O) groups is 1. The highest BCUT2D eigenvalue weighted by atomic mass is 32.2. The zero-order chi connectivity index (χ0) is 19.5. The number of carboxylic acid groups (broad SMARTS) is 1. The highest BCUT2D eigenvalue weighted by Crippen LogP contribution is 2.45. The number of hydrogen-bond donors (Lipinski definition) is 1. The molecule has 0 bridgehead atoms. The summed E-state index contributed by atoms with van der Waals surface area (Å²) < 4.78 is 0.0604. The third kappa shape index (κ3) is 6.93. The smallest absolute Gasteiger partial charge is 0.303 e. The Hall–Kier alpha value is -1.39. The molecule has 0 aliphatic heterocycles. The van der Waals surface area contributed by atoms with Gasteiger partial charge < -0.3 is 5.11 Å². The van der Waals surface area contributed by atoms with Gasteiger partial charge in [0.05, 0.1) is 4.08 Å². The summed E-state index contributed by atoms with van der Waals surface area (Å²) in [5.74, 6) is 1.20. The summed E-state index contributed by atoms with van der Waals surface area (Å²) in [5, 5.41) is 8.71. The van der Waals surface area contributed by atoms with E-state index in [0.29, 0.717) is 0 Å². The zero-order valence-corrected chi connectivity index (χ0v) is 17.6. The normalized spacial score (nSPS) is 14.5. The quantitative estimate of drug-likeness (QED) is 0.236. The fraction of sp³-hybridized carbons (Fsp3) is 0.435. The Morgan fingerprint density at radius 1 is 1.11 bits per heavy atom. The number of unbranched alkanes of at least 4 members (excludes halogenated alkanes) is 3. The molecule has 1 N–H and O–H groups in total. The van der Waals surface area contributed by atoms with Gasteiger partial charge in [-0.15, -0.1) is 36.7 Å². The summed E-state index contributed by atoms with van der Waals surface area (Å²) in [5.41, 5.74) is 4.23. The maximum atomic E-state index is 10.6. The lowest BCUT2D eigenvalue weighted by Gasteiger charge is -2.33. The SMILES string of the molecule is C=CCSC1(SCC=C)C=Cc2c(CCCCCCC(=O)O)cccc2C1. The summed E-state index contributed by atoms with van der Waals surface area (Å²) in [4.78, 5) is 10.6. The molecule has 27 heavy (non-hydrogen) atoms. The van der Waals surface area contributed by atoms with Crippen molar-refractivity contribution >= 4 is 35.6 Å². The molecule has 146 valence electrons. The highest BCUT2D eigenvalue weighted by Gasteiger charge is 2.31. The van der Waals surface area contributed by atoms with Gasteiger partial charge in [0.2, 0.25) is 0 Å². The van der Waals surface area contributed by atoms with Crippen LogP contribution in [-0.4, -0.2) is 26.7 Å². The van der Waals surface area contributed by atoms with Crippen molar-refractivity contribution in [2.75, 3.05) is 11.5 Å². The third-order valence-electron chi connectivity index (χ3n) is 4.71. The molecule has 0 heterocycles. The Labute approximate surface area is 172 Å². The van der Waals surface area contributed by atoms with Crippen LogP contribution in [0.2, 0.25) is 0 Å². The first-order valence-electron chi connectivity index (χ1n) is 9.62. The van der Waals surface area contributed by atoms with Crippen LogP contribution in [0, 0.1) is 0 Å². The molecule has 1 aliphatic carbocycles. The maximum Gasteiger partial charge on any atom is 0.303 e. The van der Waals surface area contributed by atoms with E-state index in [1.807, 2.05) is 35.7 Å². The standard InChI is InChI=1S/C23H30O2S2/c1-3-16-26-23(27-17-4-2)15-14-21-19(11-9-12-20(21)18-23)10-7-5-6-8-13-22(24)25/h3-4,9,11-12,14-15H,1-2,5-8,10,13,16-18H2,(H,24,25). The molecule has 0 saturated carbocycles. The number of aliphatic carboxylic acids is 1.